The fourth-order valence-electron chi connectivity index (χ4n) is 2.17. The van der Waals surface area contributed by atoms with Crippen LogP contribution < -0.4 is 5.32 Å². The van der Waals surface area contributed by atoms with Crippen molar-refractivity contribution in [1.82, 2.24) is 0 Å². The third-order valence-corrected chi connectivity index (χ3v) is 5.69. The molecule has 0 fully saturated rings. The molecule has 8 heteroatoms. The molecule has 0 aliphatic heterocycles. The van der Waals surface area contributed by atoms with E-state index in [1.807, 2.05) is 6.92 Å². The largest absolute Gasteiger partial charge is 0.379 e. The fraction of sp³-hybridized carbons (Fsp3) is 0.294. The van der Waals surface area contributed by atoms with Gasteiger partial charge in [-0.15, -0.1) is 0 Å². The van der Waals surface area contributed by atoms with E-state index in [0.29, 0.717) is 12.2 Å². The van der Waals surface area contributed by atoms with E-state index in [-0.39, 0.29) is 10.6 Å². The van der Waals surface area contributed by atoms with E-state index >= 15 is 0 Å². The number of hydrogen-bond acceptors (Lipinski definition) is 6. The molecule has 0 aliphatic rings. The van der Waals surface area contributed by atoms with E-state index in [1.54, 1.807) is 11.8 Å². The van der Waals surface area contributed by atoms with Crippen molar-refractivity contribution in [2.24, 2.45) is 0 Å². The molecule has 2 aromatic rings. The van der Waals surface area contributed by atoms with Gasteiger partial charge in [-0.2, -0.15) is 11.8 Å². The first-order chi connectivity index (χ1) is 11.8. The predicted molar refractivity (Wildman–Crippen MR) is 102 cm³/mol. The molecule has 0 unspecified atom stereocenters. The molecule has 0 heterocycles. The van der Waals surface area contributed by atoms with Gasteiger partial charge >= 0.3 is 0 Å². The highest BCUT2D eigenvalue weighted by molar-refractivity contribution is 7.98. The molecule has 0 spiro atoms. The van der Waals surface area contributed by atoms with Crippen LogP contribution in [0.2, 0.25) is 0 Å². The van der Waals surface area contributed by atoms with Crippen LogP contribution in [0.15, 0.2) is 47.4 Å². The Morgan fingerprint density at radius 2 is 1.84 bits per heavy atom. The summed E-state index contributed by atoms with van der Waals surface area (Å²) in [4.78, 5) is 10.5. The lowest BCUT2D eigenvalue weighted by Crippen LogP contribution is -2.07. The van der Waals surface area contributed by atoms with E-state index in [9.17, 15) is 18.5 Å². The van der Waals surface area contributed by atoms with Gasteiger partial charge in [-0.25, -0.2) is 8.42 Å². The lowest BCUT2D eigenvalue weighted by Gasteiger charge is -2.08. The molecular weight excluding hydrogens is 360 g/mol. The van der Waals surface area contributed by atoms with Crippen molar-refractivity contribution in [2.75, 3.05) is 23.9 Å². The minimum Gasteiger partial charge on any atom is -0.379 e. The molecule has 25 heavy (non-hydrogen) atoms. The Balaban J connectivity index is 1.91. The Morgan fingerprint density at radius 1 is 1.16 bits per heavy atom. The first-order valence-corrected chi connectivity index (χ1v) is 10.7. The van der Waals surface area contributed by atoms with Crippen LogP contribution >= 0.6 is 11.8 Å². The molecule has 0 saturated carbocycles. The van der Waals surface area contributed by atoms with Crippen molar-refractivity contribution in [2.45, 2.75) is 17.6 Å². The Labute approximate surface area is 151 Å². The van der Waals surface area contributed by atoms with Gasteiger partial charge in [-0.3, -0.25) is 10.1 Å². The number of rotatable bonds is 8. The number of nitro groups is 1. The van der Waals surface area contributed by atoms with Gasteiger partial charge in [0, 0.05) is 30.4 Å². The Morgan fingerprint density at radius 3 is 2.44 bits per heavy atom. The van der Waals surface area contributed by atoms with Gasteiger partial charge in [0.05, 0.1) is 9.82 Å². The fourth-order valence-corrected chi connectivity index (χ4v) is 3.63. The molecule has 0 aromatic heterocycles. The van der Waals surface area contributed by atoms with E-state index < -0.39 is 14.8 Å². The van der Waals surface area contributed by atoms with Crippen molar-refractivity contribution < 1.29 is 13.3 Å². The molecule has 0 atom stereocenters. The standard InChI is InChI=1S/C17H20N2O4S2/c1-13-3-5-14(6-4-13)12-24-10-9-18-16-8-7-15(25(2,22)23)11-17(16)19(20)21/h3-8,11,18H,9-10,12H2,1-2H3. The van der Waals surface area contributed by atoms with Crippen LogP contribution in [0, 0.1) is 17.0 Å². The highest BCUT2D eigenvalue weighted by Gasteiger charge is 2.18. The summed E-state index contributed by atoms with van der Waals surface area (Å²) < 4.78 is 23.1. The first-order valence-electron chi connectivity index (χ1n) is 7.63. The van der Waals surface area contributed by atoms with Crippen molar-refractivity contribution in [3.63, 3.8) is 0 Å². The summed E-state index contributed by atoms with van der Waals surface area (Å²) in [6.45, 7) is 2.60. The molecule has 0 radical (unpaired) electrons. The molecule has 134 valence electrons. The maximum Gasteiger partial charge on any atom is 0.293 e. The minimum atomic E-state index is -3.47. The average molecular weight is 380 g/mol. The van der Waals surface area contributed by atoms with E-state index in [2.05, 4.69) is 29.6 Å². The number of sulfone groups is 1. The van der Waals surface area contributed by atoms with Crippen LogP contribution in [0.4, 0.5) is 11.4 Å². The van der Waals surface area contributed by atoms with Gasteiger partial charge in [-0.1, -0.05) is 29.8 Å². The number of aryl methyl sites for hydroxylation is 1. The second-order valence-corrected chi connectivity index (χ2v) is 8.79. The van der Waals surface area contributed by atoms with Gasteiger partial charge in [0.2, 0.25) is 0 Å². The maximum atomic E-state index is 11.5. The van der Waals surface area contributed by atoms with Crippen molar-refractivity contribution in [3.05, 3.63) is 63.7 Å². The quantitative estimate of drug-likeness (QED) is 0.427. The third kappa shape index (κ3) is 5.75. The molecule has 6 nitrogen and oxygen atoms in total. The van der Waals surface area contributed by atoms with E-state index in [4.69, 9.17) is 0 Å². The average Bonchev–Trinajstić information content (AvgIpc) is 2.55. The highest BCUT2D eigenvalue weighted by Crippen LogP contribution is 2.27. The van der Waals surface area contributed by atoms with Gasteiger partial charge in [-0.05, 0) is 24.6 Å². The number of hydrogen-bond donors (Lipinski definition) is 1. The molecule has 2 rings (SSSR count). The van der Waals surface area contributed by atoms with Gasteiger partial charge in [0.15, 0.2) is 9.84 Å². The zero-order chi connectivity index (χ0) is 18.4. The monoisotopic (exact) mass is 380 g/mol. The van der Waals surface area contributed by atoms with Crippen molar-refractivity contribution >= 4 is 33.0 Å². The second-order valence-electron chi connectivity index (χ2n) is 5.67. The Bertz CT molecular complexity index is 849. The Kier molecular flexibility index (Phi) is 6.44. The SMILES string of the molecule is Cc1ccc(CSCCNc2ccc(S(C)(=O)=O)cc2[N+](=O)[O-])cc1. The predicted octanol–water partition coefficient (Wildman–Crippen LogP) is 3.65. The van der Waals surface area contributed by atoms with Gasteiger partial charge in [0.25, 0.3) is 5.69 Å². The molecular formula is C17H20N2O4S2. The number of benzene rings is 2. The molecule has 0 amide bonds. The van der Waals surface area contributed by atoms with Crippen molar-refractivity contribution in [1.29, 1.82) is 0 Å². The number of nitro benzene ring substituents is 1. The van der Waals surface area contributed by atoms with Crippen LogP contribution in [0.5, 0.6) is 0 Å². The van der Waals surface area contributed by atoms with Gasteiger partial charge in [0.1, 0.15) is 5.69 Å². The van der Waals surface area contributed by atoms with E-state index in [1.165, 1.54) is 23.3 Å². The number of anilines is 1. The Hall–Kier alpha value is -2.06. The zero-order valence-corrected chi connectivity index (χ0v) is 15.7. The topological polar surface area (TPSA) is 89.3 Å². The van der Waals surface area contributed by atoms with Crippen LogP contribution in [0.1, 0.15) is 11.1 Å². The van der Waals surface area contributed by atoms with Crippen LogP contribution in [0.3, 0.4) is 0 Å². The minimum absolute atomic E-state index is 0.0569. The lowest BCUT2D eigenvalue weighted by molar-refractivity contribution is -0.384. The summed E-state index contributed by atoms with van der Waals surface area (Å²) in [5, 5.41) is 14.2. The summed E-state index contributed by atoms with van der Waals surface area (Å²) in [7, 11) is -3.47. The van der Waals surface area contributed by atoms with Crippen LogP contribution in [-0.4, -0.2) is 31.9 Å². The smallest absolute Gasteiger partial charge is 0.293 e. The van der Waals surface area contributed by atoms with E-state index in [0.717, 1.165) is 23.8 Å². The molecule has 0 aliphatic carbocycles. The number of nitrogens with zero attached hydrogens (tertiary/aromatic N) is 1. The molecule has 0 saturated heterocycles. The number of nitrogens with one attached hydrogen (secondary N) is 1. The zero-order valence-electron chi connectivity index (χ0n) is 14.1. The lowest BCUT2D eigenvalue weighted by atomic mass is 10.2. The van der Waals surface area contributed by atoms with Crippen LogP contribution in [0.25, 0.3) is 0 Å². The summed E-state index contributed by atoms with van der Waals surface area (Å²) in [5.41, 5.74) is 2.55. The first kappa shape index (κ1) is 19.3. The number of thioether (sulfide) groups is 1. The van der Waals surface area contributed by atoms with Crippen LogP contribution in [-0.2, 0) is 15.6 Å². The third-order valence-electron chi connectivity index (χ3n) is 3.55. The summed E-state index contributed by atoms with van der Waals surface area (Å²) in [6.07, 6.45) is 1.03. The van der Waals surface area contributed by atoms with Gasteiger partial charge < -0.3 is 5.32 Å². The maximum absolute atomic E-state index is 11.5. The highest BCUT2D eigenvalue weighted by atomic mass is 32.2. The normalized spacial score (nSPS) is 11.3. The summed E-state index contributed by atoms with van der Waals surface area (Å²) in [5.74, 6) is 1.65. The summed E-state index contributed by atoms with van der Waals surface area (Å²) >= 11 is 1.72. The molecule has 2 aromatic carbocycles. The second kappa shape index (κ2) is 8.35. The molecule has 0 bridgehead atoms. The van der Waals surface area contributed by atoms with Crippen molar-refractivity contribution in [3.8, 4) is 0 Å². The molecule has 1 N–H and O–H groups in total. The summed E-state index contributed by atoms with van der Waals surface area (Å²) in [6, 6.07) is 12.2.